The van der Waals surface area contributed by atoms with E-state index >= 15 is 0 Å². The largest absolute Gasteiger partial charge is 0.347 e. The summed E-state index contributed by atoms with van der Waals surface area (Å²) in [5.74, 6) is -0.0852. The highest BCUT2D eigenvalue weighted by atomic mass is 32.1. The van der Waals surface area contributed by atoms with E-state index in [2.05, 4.69) is 52.1 Å². The lowest BCUT2D eigenvalue weighted by Gasteiger charge is -2.33. The maximum Gasteiger partial charge on any atom is 0.251 e. The number of thiophene rings is 2. The molecule has 0 unspecified atom stereocenters. The highest BCUT2D eigenvalue weighted by molar-refractivity contribution is 7.14. The van der Waals surface area contributed by atoms with Crippen LogP contribution in [-0.2, 0) is 0 Å². The molecule has 3 aromatic heterocycles. The third-order valence-electron chi connectivity index (χ3n) is 4.86. The molecule has 31 heavy (non-hydrogen) atoms. The zero-order valence-electron chi connectivity index (χ0n) is 18.5. The van der Waals surface area contributed by atoms with Crippen molar-refractivity contribution in [3.8, 4) is 21.1 Å². The Balaban J connectivity index is 1.72. The lowest BCUT2D eigenvalue weighted by molar-refractivity contribution is 0.0891. The highest BCUT2D eigenvalue weighted by Crippen LogP contribution is 2.35. The Morgan fingerprint density at radius 2 is 1.45 bits per heavy atom. The van der Waals surface area contributed by atoms with Gasteiger partial charge >= 0.3 is 0 Å². The van der Waals surface area contributed by atoms with Crippen LogP contribution in [0.25, 0.3) is 32.2 Å². The molecule has 0 bridgehead atoms. The number of aromatic nitrogens is 2. The van der Waals surface area contributed by atoms with Gasteiger partial charge in [-0.2, -0.15) is 0 Å². The molecule has 0 saturated carbocycles. The number of nitrogens with zero attached hydrogens (tertiary/aromatic N) is 2. The number of amides is 1. The molecule has 0 aliphatic carbocycles. The standard InChI is InChI=1S/C25H27N3OS2/c1-24(2,3)15-25(4,5)28-23(29)16-10-11-17-18(14-16)27-22(20-9-7-13-31-20)21(26-17)19-8-6-12-30-19/h6-14H,15H2,1-5H3,(H,28,29). The second kappa shape index (κ2) is 8.17. The van der Waals surface area contributed by atoms with Crippen LogP contribution in [0.15, 0.2) is 53.2 Å². The van der Waals surface area contributed by atoms with Crippen LogP contribution >= 0.6 is 22.7 Å². The molecule has 1 aromatic carbocycles. The van der Waals surface area contributed by atoms with Crippen LogP contribution in [0.2, 0.25) is 0 Å². The van der Waals surface area contributed by atoms with Gasteiger partial charge in [-0.1, -0.05) is 32.9 Å². The number of nitrogens with one attached hydrogen (secondary N) is 1. The van der Waals surface area contributed by atoms with Gasteiger partial charge in [-0.3, -0.25) is 4.79 Å². The van der Waals surface area contributed by atoms with E-state index in [9.17, 15) is 4.79 Å². The summed E-state index contributed by atoms with van der Waals surface area (Å²) in [6.45, 7) is 10.7. The smallest absolute Gasteiger partial charge is 0.251 e. The zero-order valence-corrected chi connectivity index (χ0v) is 20.2. The van der Waals surface area contributed by atoms with Gasteiger partial charge in [0.2, 0.25) is 0 Å². The molecular formula is C25H27N3OS2. The normalized spacial score (nSPS) is 12.3. The molecule has 0 aliphatic rings. The summed E-state index contributed by atoms with van der Waals surface area (Å²) >= 11 is 3.30. The molecule has 1 amide bonds. The summed E-state index contributed by atoms with van der Waals surface area (Å²) in [5, 5.41) is 7.28. The Kier molecular flexibility index (Phi) is 5.71. The fourth-order valence-corrected chi connectivity index (χ4v) is 5.54. The molecule has 1 N–H and O–H groups in total. The molecule has 0 atom stereocenters. The molecule has 3 heterocycles. The van der Waals surface area contributed by atoms with Gasteiger partial charge in [0.25, 0.3) is 5.91 Å². The van der Waals surface area contributed by atoms with E-state index < -0.39 is 0 Å². The minimum absolute atomic E-state index is 0.0852. The Labute approximate surface area is 191 Å². The monoisotopic (exact) mass is 449 g/mol. The van der Waals surface area contributed by atoms with Gasteiger partial charge in [-0.25, -0.2) is 9.97 Å². The number of carbonyl (C=O) groups is 1. The molecule has 0 aliphatic heterocycles. The van der Waals surface area contributed by atoms with E-state index in [4.69, 9.17) is 9.97 Å². The van der Waals surface area contributed by atoms with Crippen molar-refractivity contribution in [2.24, 2.45) is 5.41 Å². The lowest BCUT2D eigenvalue weighted by Crippen LogP contribution is -2.45. The fraction of sp³-hybridized carbons (Fsp3) is 0.320. The van der Waals surface area contributed by atoms with E-state index in [0.717, 1.165) is 38.6 Å². The first-order valence-corrected chi connectivity index (χ1v) is 12.1. The molecule has 4 rings (SSSR count). The average molecular weight is 450 g/mol. The Hall–Kier alpha value is -2.57. The van der Waals surface area contributed by atoms with Crippen molar-refractivity contribution in [3.05, 3.63) is 58.8 Å². The van der Waals surface area contributed by atoms with E-state index in [0.29, 0.717) is 5.56 Å². The summed E-state index contributed by atoms with van der Waals surface area (Å²) in [7, 11) is 0. The predicted molar refractivity (Wildman–Crippen MR) is 132 cm³/mol. The number of benzene rings is 1. The molecule has 6 heteroatoms. The van der Waals surface area contributed by atoms with Gasteiger partial charge in [-0.05, 0) is 66.8 Å². The quantitative estimate of drug-likeness (QED) is 0.356. The summed E-state index contributed by atoms with van der Waals surface area (Å²) < 4.78 is 0. The summed E-state index contributed by atoms with van der Waals surface area (Å²) in [6, 6.07) is 13.7. The van der Waals surface area contributed by atoms with E-state index in [1.165, 1.54) is 0 Å². The number of rotatable bonds is 5. The van der Waals surface area contributed by atoms with Crippen LogP contribution in [0.5, 0.6) is 0 Å². The molecular weight excluding hydrogens is 422 g/mol. The summed E-state index contributed by atoms with van der Waals surface area (Å²) in [6.07, 6.45) is 0.881. The van der Waals surface area contributed by atoms with Crippen molar-refractivity contribution in [2.45, 2.75) is 46.6 Å². The van der Waals surface area contributed by atoms with Gasteiger partial charge < -0.3 is 5.32 Å². The topological polar surface area (TPSA) is 54.9 Å². The van der Waals surface area contributed by atoms with Crippen LogP contribution in [-0.4, -0.2) is 21.4 Å². The summed E-state index contributed by atoms with van der Waals surface area (Å²) in [5.41, 5.74) is 3.67. The van der Waals surface area contributed by atoms with Crippen molar-refractivity contribution in [1.82, 2.24) is 15.3 Å². The Morgan fingerprint density at radius 1 is 0.871 bits per heavy atom. The number of carbonyl (C=O) groups excluding carboxylic acids is 1. The summed E-state index contributed by atoms with van der Waals surface area (Å²) in [4.78, 5) is 25.0. The maximum atomic E-state index is 13.0. The second-order valence-electron chi connectivity index (χ2n) is 9.65. The second-order valence-corrected chi connectivity index (χ2v) is 11.5. The van der Waals surface area contributed by atoms with Crippen LogP contribution in [0.4, 0.5) is 0 Å². The van der Waals surface area contributed by atoms with Crippen molar-refractivity contribution < 1.29 is 4.79 Å². The molecule has 4 nitrogen and oxygen atoms in total. The molecule has 0 fully saturated rings. The fourth-order valence-electron chi connectivity index (χ4n) is 4.12. The van der Waals surface area contributed by atoms with E-state index in [1.807, 2.05) is 41.1 Å². The van der Waals surface area contributed by atoms with E-state index in [1.54, 1.807) is 22.7 Å². The average Bonchev–Trinajstić information content (AvgIpc) is 3.38. The third-order valence-corrected chi connectivity index (χ3v) is 6.61. The highest BCUT2D eigenvalue weighted by Gasteiger charge is 2.27. The van der Waals surface area contributed by atoms with Crippen LogP contribution in [0.3, 0.4) is 0 Å². The van der Waals surface area contributed by atoms with Gasteiger partial charge in [0, 0.05) is 11.1 Å². The van der Waals surface area contributed by atoms with Crippen molar-refractivity contribution in [2.75, 3.05) is 0 Å². The number of hydrogen-bond donors (Lipinski definition) is 1. The maximum absolute atomic E-state index is 13.0. The Bertz CT molecular complexity index is 1200. The SMILES string of the molecule is CC(C)(C)CC(C)(C)NC(=O)c1ccc2nc(-c3cccs3)c(-c3cccs3)nc2c1. The van der Waals surface area contributed by atoms with Crippen LogP contribution in [0, 0.1) is 5.41 Å². The van der Waals surface area contributed by atoms with Crippen molar-refractivity contribution >= 4 is 39.6 Å². The van der Waals surface area contributed by atoms with Crippen molar-refractivity contribution in [3.63, 3.8) is 0 Å². The van der Waals surface area contributed by atoms with Crippen molar-refractivity contribution in [1.29, 1.82) is 0 Å². The van der Waals surface area contributed by atoms with Gasteiger partial charge in [0.05, 0.1) is 20.8 Å². The number of fused-ring (bicyclic) bond motifs is 1. The Morgan fingerprint density at radius 3 is 1.97 bits per heavy atom. The van der Waals surface area contributed by atoms with Gasteiger partial charge in [0.1, 0.15) is 11.4 Å². The first-order chi connectivity index (χ1) is 14.6. The van der Waals surface area contributed by atoms with Gasteiger partial charge in [0.15, 0.2) is 0 Å². The third kappa shape index (κ3) is 5.02. The minimum atomic E-state index is -0.304. The first kappa shape index (κ1) is 21.7. The molecule has 0 saturated heterocycles. The number of hydrogen-bond acceptors (Lipinski definition) is 5. The molecule has 4 aromatic rings. The van der Waals surface area contributed by atoms with Crippen LogP contribution < -0.4 is 5.32 Å². The molecule has 160 valence electrons. The molecule has 0 spiro atoms. The zero-order chi connectivity index (χ0) is 22.2. The minimum Gasteiger partial charge on any atom is -0.347 e. The predicted octanol–water partition coefficient (Wildman–Crippen LogP) is 7.03. The van der Waals surface area contributed by atoms with Crippen LogP contribution in [0.1, 0.15) is 51.4 Å². The first-order valence-electron chi connectivity index (χ1n) is 10.3. The van der Waals surface area contributed by atoms with E-state index in [-0.39, 0.29) is 16.9 Å². The lowest BCUT2D eigenvalue weighted by atomic mass is 9.81. The van der Waals surface area contributed by atoms with Gasteiger partial charge in [-0.15, -0.1) is 22.7 Å². The molecule has 0 radical (unpaired) electrons.